The monoisotopic (exact) mass is 310 g/mol. The molecule has 1 aromatic carbocycles. The summed E-state index contributed by atoms with van der Waals surface area (Å²) in [6.45, 7) is 9.13. The molecule has 4 heteroatoms. The molecule has 3 nitrogen and oxygen atoms in total. The minimum atomic E-state index is -0.117. The molecule has 0 spiro atoms. The number of carbonyl (C=O) groups is 1. The summed E-state index contributed by atoms with van der Waals surface area (Å²) in [7, 11) is 4.11. The van der Waals surface area contributed by atoms with Crippen molar-refractivity contribution in [3.8, 4) is 0 Å². The van der Waals surface area contributed by atoms with E-state index in [0.717, 1.165) is 25.2 Å². The normalized spacial score (nSPS) is 13.2. The topological polar surface area (TPSA) is 23.6 Å². The van der Waals surface area contributed by atoms with Gasteiger partial charge in [-0.25, -0.2) is 0 Å². The second kappa shape index (κ2) is 8.52. The fraction of sp³-hybridized carbons (Fsp3) is 0.588. The van der Waals surface area contributed by atoms with Crippen molar-refractivity contribution in [2.45, 2.75) is 26.8 Å². The molecule has 0 aliphatic heterocycles. The predicted molar refractivity (Wildman–Crippen MR) is 90.2 cm³/mol. The van der Waals surface area contributed by atoms with Crippen LogP contribution in [0.4, 0.5) is 0 Å². The minimum absolute atomic E-state index is 0.117. The van der Waals surface area contributed by atoms with Crippen LogP contribution in [-0.4, -0.2) is 55.4 Å². The lowest BCUT2D eigenvalue weighted by molar-refractivity contribution is 0.0809. The van der Waals surface area contributed by atoms with E-state index in [0.29, 0.717) is 10.9 Å². The molecule has 0 amide bonds. The highest BCUT2D eigenvalue weighted by Crippen LogP contribution is 2.14. The van der Waals surface area contributed by atoms with Crippen LogP contribution in [0.3, 0.4) is 0 Å². The summed E-state index contributed by atoms with van der Waals surface area (Å²) >= 11 is 5.88. The molecule has 1 rings (SSSR count). The lowest BCUT2D eigenvalue weighted by Crippen LogP contribution is -2.44. The van der Waals surface area contributed by atoms with E-state index in [-0.39, 0.29) is 11.8 Å². The number of halogens is 1. The van der Waals surface area contributed by atoms with E-state index in [9.17, 15) is 4.79 Å². The highest BCUT2D eigenvalue weighted by molar-refractivity contribution is 6.30. The molecule has 0 saturated heterocycles. The molecule has 0 aliphatic rings. The van der Waals surface area contributed by atoms with Gasteiger partial charge in [-0.3, -0.25) is 9.69 Å². The summed E-state index contributed by atoms with van der Waals surface area (Å²) < 4.78 is 0. The van der Waals surface area contributed by atoms with E-state index in [4.69, 9.17) is 11.6 Å². The van der Waals surface area contributed by atoms with Crippen molar-refractivity contribution in [3.63, 3.8) is 0 Å². The molecule has 0 heterocycles. The second-order valence-electron chi connectivity index (χ2n) is 6.24. The van der Waals surface area contributed by atoms with Crippen LogP contribution < -0.4 is 0 Å². The van der Waals surface area contributed by atoms with Gasteiger partial charge >= 0.3 is 0 Å². The lowest BCUT2D eigenvalue weighted by Gasteiger charge is -2.30. The average Bonchev–Trinajstić information content (AvgIpc) is 2.42. The molecule has 1 atom stereocenters. The van der Waals surface area contributed by atoms with E-state index in [1.165, 1.54) is 0 Å². The Labute approximate surface area is 133 Å². The molecule has 118 valence electrons. The van der Waals surface area contributed by atoms with E-state index >= 15 is 0 Å². The number of Topliss-reactive ketones (excluding diaryl/α,β-unsaturated/α-hetero) is 1. The van der Waals surface area contributed by atoms with Gasteiger partial charge in [0.15, 0.2) is 5.78 Å². The second-order valence-corrected chi connectivity index (χ2v) is 6.68. The number of hydrogen-bond donors (Lipinski definition) is 0. The van der Waals surface area contributed by atoms with Gasteiger partial charge in [-0.1, -0.05) is 25.4 Å². The third kappa shape index (κ3) is 6.16. The van der Waals surface area contributed by atoms with E-state index in [2.05, 4.69) is 37.7 Å². The first kappa shape index (κ1) is 18.1. The smallest absolute Gasteiger partial charge is 0.179 e. The van der Waals surface area contributed by atoms with Gasteiger partial charge in [0.1, 0.15) is 0 Å². The van der Waals surface area contributed by atoms with Crippen LogP contribution in [0.2, 0.25) is 5.02 Å². The Morgan fingerprint density at radius 1 is 1.10 bits per heavy atom. The summed E-state index contributed by atoms with van der Waals surface area (Å²) in [5.74, 6) is 0.693. The number of benzene rings is 1. The molecule has 0 N–H and O–H groups in total. The molecule has 0 aliphatic carbocycles. The van der Waals surface area contributed by atoms with Crippen LogP contribution in [0.5, 0.6) is 0 Å². The average molecular weight is 311 g/mol. The maximum atomic E-state index is 12.6. The summed E-state index contributed by atoms with van der Waals surface area (Å²) in [6.07, 6.45) is 0. The van der Waals surface area contributed by atoms with Crippen molar-refractivity contribution >= 4 is 17.4 Å². The standard InChI is InChI=1S/C17H27ClN2O/c1-13(2)12-20(11-10-19(4)5)14(3)17(21)15-6-8-16(18)9-7-15/h6-9,13-14H,10-12H2,1-5H3. The minimum Gasteiger partial charge on any atom is -0.308 e. The first-order valence-corrected chi connectivity index (χ1v) is 7.87. The zero-order valence-electron chi connectivity index (χ0n) is 13.8. The third-order valence-electron chi connectivity index (χ3n) is 3.49. The molecule has 0 radical (unpaired) electrons. The third-order valence-corrected chi connectivity index (χ3v) is 3.74. The number of nitrogens with zero attached hydrogens (tertiary/aromatic N) is 2. The van der Waals surface area contributed by atoms with E-state index < -0.39 is 0 Å². The van der Waals surface area contributed by atoms with Gasteiger partial charge in [-0.05, 0) is 51.2 Å². The number of carbonyl (C=O) groups excluding carboxylic acids is 1. The summed E-state index contributed by atoms with van der Waals surface area (Å²) in [5, 5.41) is 0.658. The van der Waals surface area contributed by atoms with Crippen molar-refractivity contribution in [1.82, 2.24) is 9.80 Å². The molecule has 1 unspecified atom stereocenters. The molecular formula is C17H27ClN2O. The lowest BCUT2D eigenvalue weighted by atomic mass is 10.0. The predicted octanol–water partition coefficient (Wildman–Crippen LogP) is 3.43. The molecule has 0 fully saturated rings. The Hall–Kier alpha value is -0.900. The molecule has 1 aromatic rings. The van der Waals surface area contributed by atoms with Crippen molar-refractivity contribution in [2.24, 2.45) is 5.92 Å². The van der Waals surface area contributed by atoms with Gasteiger partial charge in [0, 0.05) is 30.2 Å². The van der Waals surface area contributed by atoms with Crippen molar-refractivity contribution in [2.75, 3.05) is 33.7 Å². The van der Waals surface area contributed by atoms with E-state index in [1.54, 1.807) is 24.3 Å². The van der Waals surface area contributed by atoms with E-state index in [1.807, 2.05) is 6.92 Å². The van der Waals surface area contributed by atoms with Gasteiger partial charge in [0.25, 0.3) is 0 Å². The summed E-state index contributed by atoms with van der Waals surface area (Å²) in [6, 6.07) is 7.04. The molecule has 21 heavy (non-hydrogen) atoms. The molecule has 0 aromatic heterocycles. The van der Waals surface area contributed by atoms with Crippen LogP contribution in [0.25, 0.3) is 0 Å². The maximum absolute atomic E-state index is 12.6. The highest BCUT2D eigenvalue weighted by atomic mass is 35.5. The van der Waals surface area contributed by atoms with Gasteiger partial charge < -0.3 is 4.90 Å². The Bertz CT molecular complexity index is 443. The summed E-state index contributed by atoms with van der Waals surface area (Å²) in [5.41, 5.74) is 0.727. The van der Waals surface area contributed by atoms with Crippen LogP contribution >= 0.6 is 11.6 Å². The number of rotatable bonds is 8. The zero-order valence-corrected chi connectivity index (χ0v) is 14.5. The molecule has 0 saturated carbocycles. The summed E-state index contributed by atoms with van der Waals surface area (Å²) in [4.78, 5) is 17.0. The maximum Gasteiger partial charge on any atom is 0.179 e. The Balaban J connectivity index is 2.79. The van der Waals surface area contributed by atoms with Crippen LogP contribution in [0, 0.1) is 5.92 Å². The zero-order chi connectivity index (χ0) is 16.0. The fourth-order valence-electron chi connectivity index (χ4n) is 2.26. The largest absolute Gasteiger partial charge is 0.308 e. The van der Waals surface area contributed by atoms with Crippen LogP contribution in [0.1, 0.15) is 31.1 Å². The SMILES string of the molecule is CC(C)CN(CCN(C)C)C(C)C(=O)c1ccc(Cl)cc1. The molecule has 0 bridgehead atoms. The first-order valence-electron chi connectivity index (χ1n) is 7.49. The Morgan fingerprint density at radius 3 is 2.14 bits per heavy atom. The highest BCUT2D eigenvalue weighted by Gasteiger charge is 2.23. The van der Waals surface area contributed by atoms with Gasteiger partial charge in [0.2, 0.25) is 0 Å². The van der Waals surface area contributed by atoms with Crippen molar-refractivity contribution < 1.29 is 4.79 Å². The Morgan fingerprint density at radius 2 is 1.67 bits per heavy atom. The van der Waals surface area contributed by atoms with Crippen LogP contribution in [-0.2, 0) is 0 Å². The van der Waals surface area contributed by atoms with Gasteiger partial charge in [-0.15, -0.1) is 0 Å². The van der Waals surface area contributed by atoms with Gasteiger partial charge in [-0.2, -0.15) is 0 Å². The first-order chi connectivity index (χ1) is 9.81. The Kier molecular flexibility index (Phi) is 7.36. The van der Waals surface area contributed by atoms with Gasteiger partial charge in [0.05, 0.1) is 6.04 Å². The number of hydrogen-bond acceptors (Lipinski definition) is 3. The van der Waals surface area contributed by atoms with Crippen LogP contribution in [0.15, 0.2) is 24.3 Å². The fourth-order valence-corrected chi connectivity index (χ4v) is 2.39. The van der Waals surface area contributed by atoms with Crippen molar-refractivity contribution in [3.05, 3.63) is 34.9 Å². The number of likely N-dealkylation sites (N-methyl/N-ethyl adjacent to an activating group) is 1. The quantitative estimate of drug-likeness (QED) is 0.687. The number of ketones is 1. The van der Waals surface area contributed by atoms with Crippen molar-refractivity contribution in [1.29, 1.82) is 0 Å². The molecular weight excluding hydrogens is 284 g/mol.